The number of thiophene rings is 1. The number of nitrogens with zero attached hydrogens (tertiary/aromatic N) is 2. The summed E-state index contributed by atoms with van der Waals surface area (Å²) < 4.78 is 9.37. The number of aliphatic imine (C=N–C) groups is 2. The van der Waals surface area contributed by atoms with E-state index in [1.807, 2.05) is 29.5 Å². The molecular formula is C51H31N3OS. The summed E-state index contributed by atoms with van der Waals surface area (Å²) in [6, 6.07) is 62.6. The van der Waals surface area contributed by atoms with E-state index < -0.39 is 6.17 Å². The summed E-state index contributed by atoms with van der Waals surface area (Å²) in [5, 5.41) is 15.8. The Morgan fingerprint density at radius 2 is 1.12 bits per heavy atom. The fraction of sp³-hybridized carbons (Fsp3) is 0.0196. The predicted molar refractivity (Wildman–Crippen MR) is 236 cm³/mol. The van der Waals surface area contributed by atoms with E-state index in [9.17, 15) is 0 Å². The average molecular weight is 734 g/mol. The maximum atomic E-state index is 6.80. The Hall–Kier alpha value is -7.08. The molecule has 1 N–H and O–H groups in total. The number of amidine groups is 2. The highest BCUT2D eigenvalue weighted by Gasteiger charge is 2.25. The van der Waals surface area contributed by atoms with Gasteiger partial charge in [-0.2, -0.15) is 0 Å². The van der Waals surface area contributed by atoms with Crippen LogP contribution in [-0.2, 0) is 0 Å². The topological polar surface area (TPSA) is 49.9 Å². The van der Waals surface area contributed by atoms with Gasteiger partial charge in [0.1, 0.15) is 22.8 Å². The van der Waals surface area contributed by atoms with Crippen molar-refractivity contribution in [3.05, 3.63) is 193 Å². The number of para-hydroxylation sites is 1. The minimum atomic E-state index is -0.494. The van der Waals surface area contributed by atoms with Gasteiger partial charge in [-0.3, -0.25) is 0 Å². The molecule has 1 aliphatic rings. The smallest absolute Gasteiger partial charge is 0.170 e. The van der Waals surface area contributed by atoms with Crippen molar-refractivity contribution in [1.29, 1.82) is 0 Å². The zero-order valence-electron chi connectivity index (χ0n) is 30.0. The Labute approximate surface area is 325 Å². The molecule has 56 heavy (non-hydrogen) atoms. The first-order valence-electron chi connectivity index (χ1n) is 18.9. The van der Waals surface area contributed by atoms with Gasteiger partial charge in [0.25, 0.3) is 0 Å². The standard InChI is InChI=1S/C51H31N3OS/c1-2-12-32(13-3-1)49-52-50(35-23-25-37-33(28-35)21-20-30-10-4-6-14-36(30)37)54-51(53-49)42-18-9-19-43-46(42)41-17-8-16-39(48(41)55-43)34-22-26-40-45(29-34)56-44-27-24-31-11-5-7-15-38(31)47(40)44/h1-29,51H,(H,52,53,54). The molecule has 9 aromatic carbocycles. The number of hydrogen-bond acceptors (Lipinski definition) is 5. The van der Waals surface area contributed by atoms with Crippen molar-refractivity contribution in [3.8, 4) is 11.1 Å². The fourth-order valence-electron chi connectivity index (χ4n) is 8.67. The second kappa shape index (κ2) is 12.2. The highest BCUT2D eigenvalue weighted by molar-refractivity contribution is 7.26. The van der Waals surface area contributed by atoms with Gasteiger partial charge in [0.15, 0.2) is 6.17 Å². The predicted octanol–water partition coefficient (Wildman–Crippen LogP) is 13.6. The molecule has 0 fully saturated rings. The van der Waals surface area contributed by atoms with Gasteiger partial charge in [0.05, 0.1) is 0 Å². The number of hydrogen-bond donors (Lipinski definition) is 1. The van der Waals surface area contributed by atoms with E-state index in [0.29, 0.717) is 0 Å². The van der Waals surface area contributed by atoms with E-state index >= 15 is 0 Å². The Morgan fingerprint density at radius 1 is 0.446 bits per heavy atom. The van der Waals surface area contributed by atoms with Gasteiger partial charge >= 0.3 is 0 Å². The minimum Gasteiger partial charge on any atom is -0.455 e. The van der Waals surface area contributed by atoms with Crippen LogP contribution in [0.15, 0.2) is 190 Å². The normalized spacial score (nSPS) is 14.6. The van der Waals surface area contributed by atoms with Crippen LogP contribution in [0, 0.1) is 0 Å². The molecule has 0 saturated heterocycles. The van der Waals surface area contributed by atoms with Crippen molar-refractivity contribution in [1.82, 2.24) is 5.32 Å². The number of benzene rings is 9. The quantitative estimate of drug-likeness (QED) is 0.183. The maximum absolute atomic E-state index is 6.80. The number of furan rings is 1. The lowest BCUT2D eigenvalue weighted by Crippen LogP contribution is -2.36. The maximum Gasteiger partial charge on any atom is 0.170 e. The first-order valence-corrected chi connectivity index (χ1v) is 19.7. The van der Waals surface area contributed by atoms with Gasteiger partial charge in [0, 0.05) is 53.2 Å². The van der Waals surface area contributed by atoms with E-state index in [0.717, 1.165) is 61.4 Å². The first kappa shape index (κ1) is 31.3. The van der Waals surface area contributed by atoms with Crippen molar-refractivity contribution in [2.45, 2.75) is 6.17 Å². The van der Waals surface area contributed by atoms with Crippen molar-refractivity contribution in [2.75, 3.05) is 0 Å². The van der Waals surface area contributed by atoms with Crippen LogP contribution in [-0.4, -0.2) is 11.7 Å². The summed E-state index contributed by atoms with van der Waals surface area (Å²) in [5.74, 6) is 1.57. The monoisotopic (exact) mass is 733 g/mol. The van der Waals surface area contributed by atoms with E-state index in [-0.39, 0.29) is 0 Å². The molecule has 0 aliphatic carbocycles. The largest absolute Gasteiger partial charge is 0.455 e. The van der Waals surface area contributed by atoms with Crippen LogP contribution in [0.25, 0.3) is 85.6 Å². The van der Waals surface area contributed by atoms with Gasteiger partial charge < -0.3 is 9.73 Å². The van der Waals surface area contributed by atoms with Crippen molar-refractivity contribution < 1.29 is 4.42 Å². The molecule has 4 nitrogen and oxygen atoms in total. The van der Waals surface area contributed by atoms with Crippen molar-refractivity contribution in [2.24, 2.45) is 9.98 Å². The number of rotatable bonds is 4. The SMILES string of the molecule is c1ccc(C2=NC(c3cccc4oc5c(-c6ccc7c(c6)sc6ccc8ccccc8c67)cccc5c34)N=C(c3ccc4c(ccc5ccccc54)c3)N2)cc1. The van der Waals surface area contributed by atoms with Gasteiger partial charge in [-0.25, -0.2) is 9.98 Å². The van der Waals surface area contributed by atoms with E-state index in [2.05, 4.69) is 163 Å². The van der Waals surface area contributed by atoms with Crippen LogP contribution in [0.3, 0.4) is 0 Å². The second-order valence-corrected chi connectivity index (χ2v) is 15.6. The van der Waals surface area contributed by atoms with Crippen LogP contribution in [0.4, 0.5) is 0 Å². The van der Waals surface area contributed by atoms with Crippen LogP contribution in [0.5, 0.6) is 0 Å². The fourth-order valence-corrected chi connectivity index (χ4v) is 9.83. The molecule has 0 radical (unpaired) electrons. The van der Waals surface area contributed by atoms with Crippen LogP contribution < -0.4 is 5.32 Å². The average Bonchev–Trinajstić information content (AvgIpc) is 3.85. The molecule has 0 spiro atoms. The van der Waals surface area contributed by atoms with Crippen molar-refractivity contribution >= 4 is 97.4 Å². The molecule has 0 bridgehead atoms. The van der Waals surface area contributed by atoms with Crippen LogP contribution >= 0.6 is 11.3 Å². The molecule has 5 heteroatoms. The summed E-state index contributed by atoms with van der Waals surface area (Å²) in [5.41, 5.74) is 6.92. The molecule has 2 aromatic heterocycles. The zero-order chi connectivity index (χ0) is 36.7. The molecule has 1 unspecified atom stereocenters. The third-order valence-corrected chi connectivity index (χ3v) is 12.4. The van der Waals surface area contributed by atoms with Crippen LogP contribution in [0.1, 0.15) is 22.9 Å². The lowest BCUT2D eigenvalue weighted by atomic mass is 9.98. The lowest BCUT2D eigenvalue weighted by Gasteiger charge is -2.23. The molecule has 0 amide bonds. The molecule has 0 saturated carbocycles. The summed E-state index contributed by atoms with van der Waals surface area (Å²) >= 11 is 1.85. The summed E-state index contributed by atoms with van der Waals surface area (Å²) in [7, 11) is 0. The van der Waals surface area contributed by atoms with E-state index in [1.54, 1.807) is 0 Å². The molecule has 1 atom stereocenters. The third kappa shape index (κ3) is 4.84. The molecular weight excluding hydrogens is 703 g/mol. The first-order chi connectivity index (χ1) is 27.7. The van der Waals surface area contributed by atoms with Gasteiger partial charge in [0.2, 0.25) is 0 Å². The second-order valence-electron chi connectivity index (χ2n) is 14.5. The van der Waals surface area contributed by atoms with Gasteiger partial charge in [-0.15, -0.1) is 11.3 Å². The van der Waals surface area contributed by atoms with Crippen LogP contribution in [0.2, 0.25) is 0 Å². The van der Waals surface area contributed by atoms with Gasteiger partial charge in [-0.05, 0) is 62.1 Å². The Balaban J connectivity index is 1.01. The Bertz CT molecular complexity index is 3460. The Morgan fingerprint density at radius 3 is 2.02 bits per heavy atom. The highest BCUT2D eigenvalue weighted by Crippen LogP contribution is 2.44. The molecule has 262 valence electrons. The molecule has 3 heterocycles. The van der Waals surface area contributed by atoms with E-state index in [1.165, 1.54) is 52.5 Å². The lowest BCUT2D eigenvalue weighted by molar-refractivity contribution is 0.668. The summed E-state index contributed by atoms with van der Waals surface area (Å²) in [6.45, 7) is 0. The molecule has 1 aliphatic heterocycles. The van der Waals surface area contributed by atoms with E-state index in [4.69, 9.17) is 14.4 Å². The summed E-state index contributed by atoms with van der Waals surface area (Å²) in [6.07, 6.45) is -0.494. The molecule has 11 aromatic rings. The number of fused-ring (bicyclic) bond motifs is 11. The minimum absolute atomic E-state index is 0.494. The third-order valence-electron chi connectivity index (χ3n) is 11.3. The van der Waals surface area contributed by atoms with Gasteiger partial charge in [-0.1, -0.05) is 152 Å². The van der Waals surface area contributed by atoms with Crippen molar-refractivity contribution in [3.63, 3.8) is 0 Å². The highest BCUT2D eigenvalue weighted by atomic mass is 32.1. The zero-order valence-corrected chi connectivity index (χ0v) is 30.8. The molecule has 12 rings (SSSR count). The Kier molecular flexibility index (Phi) is 6.83. The number of nitrogens with one attached hydrogen (secondary N) is 1. The summed E-state index contributed by atoms with van der Waals surface area (Å²) in [4.78, 5) is 10.6.